The van der Waals surface area contributed by atoms with Crippen molar-refractivity contribution in [3.8, 4) is 0 Å². The standard InChI is InChI=1S/C14H28N2/c1-3-7-13-12-16(11-6-10-15-13)14(4-2)8-5-9-14/h13,15H,3-12H2,1-2H3. The molecule has 0 amide bonds. The Balaban J connectivity index is 1.96. The lowest BCUT2D eigenvalue weighted by Crippen LogP contribution is -2.55. The molecular formula is C14H28N2. The molecule has 0 spiro atoms. The van der Waals surface area contributed by atoms with E-state index in [2.05, 4.69) is 24.1 Å². The topological polar surface area (TPSA) is 15.3 Å². The van der Waals surface area contributed by atoms with Crippen LogP contribution in [0.25, 0.3) is 0 Å². The molecule has 2 aliphatic rings. The Hall–Kier alpha value is -0.0800. The van der Waals surface area contributed by atoms with Gasteiger partial charge in [-0.05, 0) is 51.6 Å². The summed E-state index contributed by atoms with van der Waals surface area (Å²) in [5.41, 5.74) is 0.595. The zero-order chi connectivity index (χ0) is 11.4. The average molecular weight is 224 g/mol. The summed E-state index contributed by atoms with van der Waals surface area (Å²) in [6.45, 7) is 8.52. The molecule has 0 bridgehead atoms. The third kappa shape index (κ3) is 2.43. The van der Waals surface area contributed by atoms with Crippen molar-refractivity contribution >= 4 is 0 Å². The van der Waals surface area contributed by atoms with Gasteiger partial charge in [0.1, 0.15) is 0 Å². The van der Waals surface area contributed by atoms with E-state index in [0.29, 0.717) is 5.54 Å². The summed E-state index contributed by atoms with van der Waals surface area (Å²) in [7, 11) is 0. The van der Waals surface area contributed by atoms with Crippen LogP contribution in [-0.2, 0) is 0 Å². The molecule has 1 unspecified atom stereocenters. The maximum Gasteiger partial charge on any atom is 0.0207 e. The van der Waals surface area contributed by atoms with Crippen LogP contribution in [-0.4, -0.2) is 36.1 Å². The lowest BCUT2D eigenvalue weighted by Gasteiger charge is -2.50. The molecule has 1 heterocycles. The van der Waals surface area contributed by atoms with Gasteiger partial charge in [0.15, 0.2) is 0 Å². The van der Waals surface area contributed by atoms with Gasteiger partial charge in [-0.3, -0.25) is 4.90 Å². The minimum atomic E-state index is 0.595. The number of rotatable bonds is 4. The second-order valence-electron chi connectivity index (χ2n) is 5.67. The molecule has 0 aromatic heterocycles. The van der Waals surface area contributed by atoms with Gasteiger partial charge in [-0.15, -0.1) is 0 Å². The van der Waals surface area contributed by atoms with Crippen LogP contribution in [0.1, 0.15) is 58.8 Å². The molecule has 1 atom stereocenters. The molecule has 2 rings (SSSR count). The summed E-state index contributed by atoms with van der Waals surface area (Å²) in [4.78, 5) is 2.82. The molecule has 0 aromatic rings. The Morgan fingerprint density at radius 2 is 2.06 bits per heavy atom. The van der Waals surface area contributed by atoms with Crippen LogP contribution in [0.4, 0.5) is 0 Å². The average Bonchev–Trinajstić information content (AvgIpc) is 2.44. The van der Waals surface area contributed by atoms with Gasteiger partial charge in [-0.2, -0.15) is 0 Å². The van der Waals surface area contributed by atoms with Crippen molar-refractivity contribution in [3.63, 3.8) is 0 Å². The number of nitrogens with one attached hydrogen (secondary N) is 1. The highest BCUT2D eigenvalue weighted by Crippen LogP contribution is 2.40. The molecule has 0 radical (unpaired) electrons. The van der Waals surface area contributed by atoms with Gasteiger partial charge in [0.25, 0.3) is 0 Å². The molecule has 0 aromatic carbocycles. The highest BCUT2D eigenvalue weighted by atomic mass is 15.2. The normalized spacial score (nSPS) is 30.8. The minimum absolute atomic E-state index is 0.595. The van der Waals surface area contributed by atoms with Crippen molar-refractivity contribution in [2.24, 2.45) is 0 Å². The molecule has 2 nitrogen and oxygen atoms in total. The molecule has 1 saturated heterocycles. The first kappa shape index (κ1) is 12.4. The van der Waals surface area contributed by atoms with E-state index in [4.69, 9.17) is 0 Å². The van der Waals surface area contributed by atoms with Crippen molar-refractivity contribution in [2.45, 2.75) is 70.4 Å². The summed E-state index contributed by atoms with van der Waals surface area (Å²) in [5.74, 6) is 0. The summed E-state index contributed by atoms with van der Waals surface area (Å²) < 4.78 is 0. The zero-order valence-electron chi connectivity index (χ0n) is 11.1. The van der Waals surface area contributed by atoms with Crippen LogP contribution < -0.4 is 5.32 Å². The van der Waals surface area contributed by atoms with Crippen molar-refractivity contribution < 1.29 is 0 Å². The van der Waals surface area contributed by atoms with Crippen LogP contribution in [0.2, 0.25) is 0 Å². The fraction of sp³-hybridized carbons (Fsp3) is 1.00. The van der Waals surface area contributed by atoms with Crippen molar-refractivity contribution in [2.75, 3.05) is 19.6 Å². The Labute approximate surface area is 101 Å². The number of nitrogens with zero attached hydrogens (tertiary/aromatic N) is 1. The van der Waals surface area contributed by atoms with E-state index in [-0.39, 0.29) is 0 Å². The summed E-state index contributed by atoms with van der Waals surface area (Å²) in [5, 5.41) is 3.72. The summed E-state index contributed by atoms with van der Waals surface area (Å²) >= 11 is 0. The molecule has 1 aliphatic heterocycles. The van der Waals surface area contributed by atoms with E-state index >= 15 is 0 Å². The third-order valence-electron chi connectivity index (χ3n) is 4.73. The zero-order valence-corrected chi connectivity index (χ0v) is 11.1. The van der Waals surface area contributed by atoms with Crippen LogP contribution in [0.15, 0.2) is 0 Å². The van der Waals surface area contributed by atoms with Gasteiger partial charge in [-0.25, -0.2) is 0 Å². The highest BCUT2D eigenvalue weighted by Gasteiger charge is 2.41. The second-order valence-corrected chi connectivity index (χ2v) is 5.67. The van der Waals surface area contributed by atoms with E-state index in [1.54, 1.807) is 0 Å². The SMILES string of the molecule is CCCC1CN(C2(CC)CCC2)CCCN1. The van der Waals surface area contributed by atoms with E-state index < -0.39 is 0 Å². The van der Waals surface area contributed by atoms with Crippen molar-refractivity contribution in [1.82, 2.24) is 10.2 Å². The van der Waals surface area contributed by atoms with Gasteiger partial charge < -0.3 is 5.32 Å². The maximum absolute atomic E-state index is 3.72. The lowest BCUT2D eigenvalue weighted by molar-refractivity contribution is 0.0107. The molecule has 2 heteroatoms. The molecule has 1 aliphatic carbocycles. The predicted molar refractivity (Wildman–Crippen MR) is 69.8 cm³/mol. The smallest absolute Gasteiger partial charge is 0.0207 e. The quantitative estimate of drug-likeness (QED) is 0.790. The largest absolute Gasteiger partial charge is 0.313 e. The predicted octanol–water partition coefficient (Wildman–Crippen LogP) is 2.78. The summed E-state index contributed by atoms with van der Waals surface area (Å²) in [6.07, 6.45) is 9.69. The van der Waals surface area contributed by atoms with Gasteiger partial charge in [-0.1, -0.05) is 20.3 Å². The Bertz CT molecular complexity index is 205. The fourth-order valence-corrected chi connectivity index (χ4v) is 3.45. The Morgan fingerprint density at radius 1 is 1.25 bits per heavy atom. The van der Waals surface area contributed by atoms with Crippen LogP contribution in [0, 0.1) is 0 Å². The van der Waals surface area contributed by atoms with Gasteiger partial charge in [0.05, 0.1) is 0 Å². The first-order valence-electron chi connectivity index (χ1n) is 7.29. The summed E-state index contributed by atoms with van der Waals surface area (Å²) in [6, 6.07) is 0.747. The van der Waals surface area contributed by atoms with Crippen LogP contribution in [0.5, 0.6) is 0 Å². The first-order chi connectivity index (χ1) is 7.80. The molecule has 2 fully saturated rings. The number of hydrogen-bond acceptors (Lipinski definition) is 2. The maximum atomic E-state index is 3.72. The highest BCUT2D eigenvalue weighted by molar-refractivity contribution is 4.98. The Morgan fingerprint density at radius 3 is 2.62 bits per heavy atom. The van der Waals surface area contributed by atoms with E-state index in [9.17, 15) is 0 Å². The molecule has 1 saturated carbocycles. The van der Waals surface area contributed by atoms with Gasteiger partial charge in [0.2, 0.25) is 0 Å². The monoisotopic (exact) mass is 224 g/mol. The van der Waals surface area contributed by atoms with Crippen molar-refractivity contribution in [1.29, 1.82) is 0 Å². The molecular weight excluding hydrogens is 196 g/mol. The van der Waals surface area contributed by atoms with Crippen molar-refractivity contribution in [3.05, 3.63) is 0 Å². The second kappa shape index (κ2) is 5.50. The van der Waals surface area contributed by atoms with E-state index in [1.165, 1.54) is 64.6 Å². The van der Waals surface area contributed by atoms with Crippen LogP contribution >= 0.6 is 0 Å². The third-order valence-corrected chi connectivity index (χ3v) is 4.73. The Kier molecular flexibility index (Phi) is 4.26. The van der Waals surface area contributed by atoms with E-state index in [0.717, 1.165) is 6.04 Å². The molecule has 94 valence electrons. The lowest BCUT2D eigenvalue weighted by atomic mass is 9.73. The molecule has 16 heavy (non-hydrogen) atoms. The fourth-order valence-electron chi connectivity index (χ4n) is 3.45. The van der Waals surface area contributed by atoms with Crippen LogP contribution in [0.3, 0.4) is 0 Å². The first-order valence-corrected chi connectivity index (χ1v) is 7.29. The minimum Gasteiger partial charge on any atom is -0.313 e. The van der Waals surface area contributed by atoms with Gasteiger partial charge in [0, 0.05) is 18.1 Å². The van der Waals surface area contributed by atoms with Gasteiger partial charge >= 0.3 is 0 Å². The van der Waals surface area contributed by atoms with E-state index in [1.807, 2.05) is 0 Å². The number of hydrogen-bond donors (Lipinski definition) is 1. The molecule has 1 N–H and O–H groups in total.